The van der Waals surface area contributed by atoms with Crippen LogP contribution in [0, 0.1) is 10.1 Å². The topological polar surface area (TPSA) is 93.6 Å². The molecule has 0 bridgehead atoms. The van der Waals surface area contributed by atoms with Crippen LogP contribution in [0.15, 0.2) is 57.7 Å². The van der Waals surface area contributed by atoms with Crippen LogP contribution >= 0.6 is 0 Å². The molecule has 1 heterocycles. The summed E-state index contributed by atoms with van der Waals surface area (Å²) in [5.74, 6) is -0.103. The number of hydrogen-bond acceptors (Lipinski definition) is 5. The number of hydrogen-bond donors (Lipinski definition) is 1. The van der Waals surface area contributed by atoms with Gasteiger partial charge in [-0.1, -0.05) is 12.1 Å². The van der Waals surface area contributed by atoms with Crippen molar-refractivity contribution < 1.29 is 14.4 Å². The van der Waals surface area contributed by atoms with Gasteiger partial charge in [0.2, 0.25) is 5.76 Å². The lowest BCUT2D eigenvalue weighted by Crippen LogP contribution is -2.10. The molecule has 0 aliphatic heterocycles. The number of rotatable bonds is 2. The van der Waals surface area contributed by atoms with Gasteiger partial charge in [0.15, 0.2) is 0 Å². The zero-order valence-corrected chi connectivity index (χ0v) is 10.6. The molecule has 0 amide bonds. The van der Waals surface area contributed by atoms with E-state index in [4.69, 9.17) is 4.42 Å². The highest BCUT2D eigenvalue weighted by Gasteiger charge is 2.25. The molecular formula is C15H9NO5. The molecule has 0 fully saturated rings. The van der Waals surface area contributed by atoms with Crippen LogP contribution in [0.5, 0.6) is 5.75 Å². The van der Waals surface area contributed by atoms with Gasteiger partial charge < -0.3 is 9.52 Å². The van der Waals surface area contributed by atoms with Crippen LogP contribution in [0.4, 0.5) is 5.69 Å². The van der Waals surface area contributed by atoms with Crippen molar-refractivity contribution in [2.75, 3.05) is 0 Å². The largest absolute Gasteiger partial charge is 0.508 e. The Bertz CT molecular complexity index is 896. The Labute approximate surface area is 118 Å². The highest BCUT2D eigenvalue weighted by atomic mass is 16.6. The average Bonchev–Trinajstić information content (AvgIpc) is 2.47. The molecular weight excluding hydrogens is 274 g/mol. The van der Waals surface area contributed by atoms with Crippen LogP contribution in [0.3, 0.4) is 0 Å². The minimum absolute atomic E-state index is 0.0181. The van der Waals surface area contributed by atoms with Gasteiger partial charge >= 0.3 is 5.69 Å². The van der Waals surface area contributed by atoms with E-state index < -0.39 is 16.0 Å². The van der Waals surface area contributed by atoms with Gasteiger partial charge in [-0.25, -0.2) is 0 Å². The van der Waals surface area contributed by atoms with E-state index >= 15 is 0 Å². The van der Waals surface area contributed by atoms with Crippen LogP contribution in [0.2, 0.25) is 0 Å². The summed E-state index contributed by atoms with van der Waals surface area (Å²) in [5.41, 5.74) is -0.678. The van der Waals surface area contributed by atoms with Crippen molar-refractivity contribution in [1.82, 2.24) is 0 Å². The maximum atomic E-state index is 12.3. The molecule has 0 aliphatic carbocycles. The number of nitro groups is 1. The Morgan fingerprint density at radius 3 is 2.38 bits per heavy atom. The van der Waals surface area contributed by atoms with Crippen molar-refractivity contribution in [1.29, 1.82) is 0 Å². The standard InChI is InChI=1S/C15H9NO5/c17-10-7-5-9(6-8-10)15-13(16(19)20)14(18)11-3-1-2-4-12(11)21-15/h1-8,17H. The van der Waals surface area contributed by atoms with Gasteiger partial charge in [0.25, 0.3) is 5.43 Å². The molecule has 0 saturated heterocycles. The Morgan fingerprint density at radius 2 is 1.71 bits per heavy atom. The molecule has 0 radical (unpaired) electrons. The van der Waals surface area contributed by atoms with Crippen molar-refractivity contribution in [3.05, 3.63) is 68.9 Å². The Hall–Kier alpha value is -3.15. The zero-order chi connectivity index (χ0) is 15.0. The molecule has 6 nitrogen and oxygen atoms in total. The highest BCUT2D eigenvalue weighted by molar-refractivity contribution is 5.83. The zero-order valence-electron chi connectivity index (χ0n) is 10.6. The molecule has 1 N–H and O–H groups in total. The summed E-state index contributed by atoms with van der Waals surface area (Å²) in [6.07, 6.45) is 0. The predicted molar refractivity (Wildman–Crippen MR) is 76.2 cm³/mol. The van der Waals surface area contributed by atoms with Gasteiger partial charge in [0.05, 0.1) is 10.3 Å². The first kappa shape index (κ1) is 12.9. The minimum Gasteiger partial charge on any atom is -0.508 e. The molecule has 0 aliphatic rings. The number of phenolic OH excluding ortho intramolecular Hbond substituents is 1. The quantitative estimate of drug-likeness (QED) is 0.576. The smallest absolute Gasteiger partial charge is 0.359 e. The van der Waals surface area contributed by atoms with Crippen molar-refractivity contribution >= 4 is 16.7 Å². The van der Waals surface area contributed by atoms with E-state index in [2.05, 4.69) is 0 Å². The predicted octanol–water partition coefficient (Wildman–Crippen LogP) is 3.07. The van der Waals surface area contributed by atoms with Crippen LogP contribution < -0.4 is 5.43 Å². The van der Waals surface area contributed by atoms with Crippen LogP contribution in [0.25, 0.3) is 22.3 Å². The SMILES string of the molecule is O=c1c([N+](=O)[O-])c(-c2ccc(O)cc2)oc2ccccc12. The summed E-state index contributed by atoms with van der Waals surface area (Å²) in [7, 11) is 0. The summed E-state index contributed by atoms with van der Waals surface area (Å²) in [5, 5.41) is 20.7. The third-order valence-corrected chi connectivity index (χ3v) is 3.09. The maximum absolute atomic E-state index is 12.3. The fourth-order valence-corrected chi connectivity index (χ4v) is 2.11. The van der Waals surface area contributed by atoms with Gasteiger partial charge in [-0.2, -0.15) is 0 Å². The van der Waals surface area contributed by atoms with Gasteiger partial charge in [0.1, 0.15) is 11.3 Å². The molecule has 0 spiro atoms. The lowest BCUT2D eigenvalue weighted by atomic mass is 10.1. The fourth-order valence-electron chi connectivity index (χ4n) is 2.11. The first-order chi connectivity index (χ1) is 10.1. The number of phenols is 1. The molecule has 21 heavy (non-hydrogen) atoms. The van der Waals surface area contributed by atoms with Crippen molar-refractivity contribution in [2.24, 2.45) is 0 Å². The summed E-state index contributed by atoms with van der Waals surface area (Å²) < 4.78 is 5.54. The Morgan fingerprint density at radius 1 is 1.05 bits per heavy atom. The third kappa shape index (κ3) is 2.12. The Balaban J connectivity index is 2.40. The summed E-state index contributed by atoms with van der Waals surface area (Å²) in [6, 6.07) is 12.0. The second kappa shape index (κ2) is 4.75. The molecule has 0 unspecified atom stereocenters. The van der Waals surface area contributed by atoms with E-state index in [0.717, 1.165) is 0 Å². The monoisotopic (exact) mass is 283 g/mol. The van der Waals surface area contributed by atoms with E-state index in [1.807, 2.05) is 0 Å². The molecule has 3 aromatic rings. The van der Waals surface area contributed by atoms with Crippen LogP contribution in [-0.2, 0) is 0 Å². The molecule has 0 atom stereocenters. The fraction of sp³-hybridized carbons (Fsp3) is 0. The summed E-state index contributed by atoms with van der Waals surface area (Å²) in [6.45, 7) is 0. The third-order valence-electron chi connectivity index (χ3n) is 3.09. The molecule has 104 valence electrons. The molecule has 1 aromatic heterocycles. The highest BCUT2D eigenvalue weighted by Crippen LogP contribution is 2.31. The normalized spacial score (nSPS) is 10.7. The number of benzene rings is 2. The van der Waals surface area contributed by atoms with Crippen LogP contribution in [0.1, 0.15) is 0 Å². The van der Waals surface area contributed by atoms with Crippen molar-refractivity contribution in [3.8, 4) is 17.1 Å². The number of nitrogens with zero attached hydrogens (tertiary/aromatic N) is 1. The number of aromatic hydroxyl groups is 1. The van der Waals surface area contributed by atoms with Crippen LogP contribution in [-0.4, -0.2) is 10.0 Å². The average molecular weight is 283 g/mol. The van der Waals surface area contributed by atoms with Gasteiger partial charge in [-0.15, -0.1) is 0 Å². The van der Waals surface area contributed by atoms with E-state index in [9.17, 15) is 20.0 Å². The first-order valence-corrected chi connectivity index (χ1v) is 6.07. The van der Waals surface area contributed by atoms with Gasteiger partial charge in [0, 0.05) is 5.56 Å². The minimum atomic E-state index is -0.750. The number of para-hydroxylation sites is 1. The Kier molecular flexibility index (Phi) is 2.91. The van der Waals surface area contributed by atoms with E-state index in [0.29, 0.717) is 5.56 Å². The van der Waals surface area contributed by atoms with E-state index in [1.165, 1.54) is 30.3 Å². The van der Waals surface area contributed by atoms with Gasteiger partial charge in [-0.3, -0.25) is 14.9 Å². The lowest BCUT2D eigenvalue weighted by molar-refractivity contribution is -0.386. The van der Waals surface area contributed by atoms with Crippen molar-refractivity contribution in [2.45, 2.75) is 0 Å². The van der Waals surface area contributed by atoms with Gasteiger partial charge in [-0.05, 0) is 36.4 Å². The van der Waals surface area contributed by atoms with E-state index in [-0.39, 0.29) is 22.5 Å². The maximum Gasteiger partial charge on any atom is 0.359 e. The molecule has 6 heteroatoms. The molecule has 3 rings (SSSR count). The lowest BCUT2D eigenvalue weighted by Gasteiger charge is -2.04. The summed E-state index contributed by atoms with van der Waals surface area (Å²) in [4.78, 5) is 22.8. The second-order valence-corrected chi connectivity index (χ2v) is 4.41. The first-order valence-electron chi connectivity index (χ1n) is 6.07. The number of fused-ring (bicyclic) bond motifs is 1. The molecule has 2 aromatic carbocycles. The summed E-state index contributed by atoms with van der Waals surface area (Å²) >= 11 is 0. The van der Waals surface area contributed by atoms with Crippen molar-refractivity contribution in [3.63, 3.8) is 0 Å². The van der Waals surface area contributed by atoms with E-state index in [1.54, 1.807) is 18.2 Å². The molecule has 0 saturated carbocycles. The second-order valence-electron chi connectivity index (χ2n) is 4.41.